The molecule has 1 aliphatic rings. The molecule has 1 fully saturated rings. The van der Waals surface area contributed by atoms with Crippen molar-refractivity contribution in [3.8, 4) is 0 Å². The monoisotopic (exact) mass is 339 g/mol. The van der Waals surface area contributed by atoms with Crippen LogP contribution in [0.3, 0.4) is 0 Å². The van der Waals surface area contributed by atoms with Crippen LogP contribution in [0.5, 0.6) is 0 Å². The number of rotatable bonds is 4. The van der Waals surface area contributed by atoms with Crippen LogP contribution in [0.4, 0.5) is 4.79 Å². The Morgan fingerprint density at radius 2 is 1.87 bits per heavy atom. The van der Waals surface area contributed by atoms with Crippen LogP contribution < -0.4 is 5.32 Å². The Morgan fingerprint density at radius 1 is 1.26 bits per heavy atom. The van der Waals surface area contributed by atoms with Crippen LogP contribution in [0.2, 0.25) is 0 Å². The highest BCUT2D eigenvalue weighted by Crippen LogP contribution is 2.19. The van der Waals surface area contributed by atoms with Gasteiger partial charge in [-0.1, -0.05) is 25.1 Å². The van der Waals surface area contributed by atoms with E-state index in [2.05, 4.69) is 12.2 Å². The van der Waals surface area contributed by atoms with Gasteiger partial charge in [0.2, 0.25) is 10.0 Å². The first-order valence-electron chi connectivity index (χ1n) is 7.85. The fraction of sp³-hybridized carbons (Fsp3) is 0.562. The molecule has 1 aromatic rings. The average molecular weight is 339 g/mol. The first-order valence-corrected chi connectivity index (χ1v) is 9.29. The van der Waals surface area contributed by atoms with Gasteiger partial charge in [-0.25, -0.2) is 17.5 Å². The van der Waals surface area contributed by atoms with Crippen molar-refractivity contribution in [1.29, 1.82) is 0 Å². The summed E-state index contributed by atoms with van der Waals surface area (Å²) in [6.07, 6.45) is 2.03. The van der Waals surface area contributed by atoms with Crippen LogP contribution in [-0.2, 0) is 16.6 Å². The van der Waals surface area contributed by atoms with Gasteiger partial charge in [0.1, 0.15) is 0 Å². The van der Waals surface area contributed by atoms with Gasteiger partial charge in [-0.2, -0.15) is 0 Å². The van der Waals surface area contributed by atoms with Gasteiger partial charge in [-0.3, -0.25) is 0 Å². The number of carbonyl (C=O) groups excluding carboxylic acids is 1. The summed E-state index contributed by atoms with van der Waals surface area (Å²) < 4.78 is 25.9. The molecular formula is C16H25N3O3S. The van der Waals surface area contributed by atoms with Crippen molar-refractivity contribution in [2.75, 3.05) is 27.2 Å². The van der Waals surface area contributed by atoms with E-state index in [-0.39, 0.29) is 17.5 Å². The zero-order valence-corrected chi connectivity index (χ0v) is 14.8. The number of amides is 2. The third-order valence-corrected chi connectivity index (χ3v) is 6.15. The minimum Gasteiger partial charge on any atom is -0.334 e. The standard InChI is InChI=1S/C16H25N3O3S/c1-13-8-10-19(11-9-13)16(20)17-12-14-6-4-5-7-15(14)23(21,22)18(2)3/h4-7,13H,8-12H2,1-3H3,(H,17,20). The van der Waals surface area contributed by atoms with Crippen molar-refractivity contribution in [3.63, 3.8) is 0 Å². The minimum absolute atomic E-state index is 0.131. The van der Waals surface area contributed by atoms with Crippen LogP contribution in [-0.4, -0.2) is 50.8 Å². The van der Waals surface area contributed by atoms with Crippen molar-refractivity contribution in [2.24, 2.45) is 5.92 Å². The van der Waals surface area contributed by atoms with Crippen molar-refractivity contribution < 1.29 is 13.2 Å². The number of carbonyl (C=O) groups is 1. The Hall–Kier alpha value is -1.60. The van der Waals surface area contributed by atoms with Crippen LogP contribution in [0, 0.1) is 5.92 Å². The van der Waals surface area contributed by atoms with E-state index in [1.165, 1.54) is 18.4 Å². The van der Waals surface area contributed by atoms with Gasteiger partial charge >= 0.3 is 6.03 Å². The summed E-state index contributed by atoms with van der Waals surface area (Å²) in [6.45, 7) is 3.90. The molecule has 0 saturated carbocycles. The molecule has 2 rings (SSSR count). The van der Waals surface area contributed by atoms with E-state index in [9.17, 15) is 13.2 Å². The maximum absolute atomic E-state index is 12.3. The smallest absolute Gasteiger partial charge is 0.317 e. The molecule has 1 aromatic carbocycles. The van der Waals surface area contributed by atoms with Gasteiger partial charge in [0.05, 0.1) is 4.90 Å². The van der Waals surface area contributed by atoms with Gasteiger partial charge in [-0.05, 0) is 30.4 Å². The van der Waals surface area contributed by atoms with Gasteiger partial charge < -0.3 is 10.2 Å². The molecule has 1 saturated heterocycles. The Morgan fingerprint density at radius 3 is 2.48 bits per heavy atom. The number of nitrogens with zero attached hydrogens (tertiary/aromatic N) is 2. The maximum atomic E-state index is 12.3. The normalized spacial score (nSPS) is 16.6. The molecule has 0 bridgehead atoms. The number of piperidine rings is 1. The summed E-state index contributed by atoms with van der Waals surface area (Å²) in [7, 11) is -0.520. The second-order valence-electron chi connectivity index (χ2n) is 6.22. The van der Waals surface area contributed by atoms with E-state index >= 15 is 0 Å². The SMILES string of the molecule is CC1CCN(C(=O)NCc2ccccc2S(=O)(=O)N(C)C)CC1. The lowest BCUT2D eigenvalue weighted by molar-refractivity contribution is 0.173. The lowest BCUT2D eigenvalue weighted by Gasteiger charge is -2.30. The zero-order chi connectivity index (χ0) is 17.0. The Kier molecular flexibility index (Phi) is 5.64. The number of likely N-dealkylation sites (tertiary alicyclic amines) is 1. The molecule has 0 spiro atoms. The summed E-state index contributed by atoms with van der Waals surface area (Å²) in [6, 6.07) is 6.63. The molecule has 7 heteroatoms. The molecule has 0 aliphatic carbocycles. The summed E-state index contributed by atoms with van der Waals surface area (Å²) in [5.41, 5.74) is 0.597. The highest BCUT2D eigenvalue weighted by atomic mass is 32.2. The number of urea groups is 1. The second kappa shape index (κ2) is 7.31. The van der Waals surface area contributed by atoms with Crippen LogP contribution in [0.15, 0.2) is 29.2 Å². The van der Waals surface area contributed by atoms with Crippen molar-refractivity contribution >= 4 is 16.1 Å². The first kappa shape index (κ1) is 17.7. The first-order chi connectivity index (χ1) is 10.8. The molecule has 1 aliphatic heterocycles. The predicted molar refractivity (Wildman–Crippen MR) is 89.5 cm³/mol. The van der Waals surface area contributed by atoms with E-state index in [1.54, 1.807) is 29.2 Å². The lowest BCUT2D eigenvalue weighted by atomic mass is 10.00. The quantitative estimate of drug-likeness (QED) is 0.910. The molecule has 0 radical (unpaired) electrons. The molecule has 0 aromatic heterocycles. The molecular weight excluding hydrogens is 314 g/mol. The minimum atomic E-state index is -3.52. The van der Waals surface area contributed by atoms with Gasteiger partial charge in [0.15, 0.2) is 0 Å². The maximum Gasteiger partial charge on any atom is 0.317 e. The number of nitrogens with one attached hydrogen (secondary N) is 1. The molecule has 0 unspecified atom stereocenters. The van der Waals surface area contributed by atoms with Crippen molar-refractivity contribution in [3.05, 3.63) is 29.8 Å². The lowest BCUT2D eigenvalue weighted by Crippen LogP contribution is -2.44. The molecule has 128 valence electrons. The second-order valence-corrected chi connectivity index (χ2v) is 8.34. The zero-order valence-electron chi connectivity index (χ0n) is 13.9. The average Bonchev–Trinajstić information content (AvgIpc) is 2.53. The Labute approximate surface area is 138 Å². The van der Waals surface area contributed by atoms with Gasteiger partial charge in [-0.15, -0.1) is 0 Å². The topological polar surface area (TPSA) is 69.7 Å². The summed E-state index contributed by atoms with van der Waals surface area (Å²) >= 11 is 0. The molecule has 23 heavy (non-hydrogen) atoms. The summed E-state index contributed by atoms with van der Waals surface area (Å²) in [5, 5.41) is 2.84. The van der Waals surface area contributed by atoms with E-state index in [4.69, 9.17) is 0 Å². The summed E-state index contributed by atoms with van der Waals surface area (Å²) in [4.78, 5) is 14.3. The van der Waals surface area contributed by atoms with Crippen molar-refractivity contribution in [2.45, 2.75) is 31.2 Å². The number of benzene rings is 1. The van der Waals surface area contributed by atoms with Gasteiger partial charge in [0, 0.05) is 33.7 Å². The molecule has 6 nitrogen and oxygen atoms in total. The molecule has 0 atom stereocenters. The highest BCUT2D eigenvalue weighted by molar-refractivity contribution is 7.89. The van der Waals surface area contributed by atoms with Crippen LogP contribution >= 0.6 is 0 Å². The van der Waals surface area contributed by atoms with E-state index in [0.29, 0.717) is 11.5 Å². The van der Waals surface area contributed by atoms with E-state index < -0.39 is 10.0 Å². The largest absolute Gasteiger partial charge is 0.334 e. The third kappa shape index (κ3) is 4.23. The fourth-order valence-corrected chi connectivity index (χ4v) is 3.71. The van der Waals surface area contributed by atoms with Crippen molar-refractivity contribution in [1.82, 2.24) is 14.5 Å². The molecule has 1 heterocycles. The van der Waals surface area contributed by atoms with E-state index in [1.807, 2.05) is 0 Å². The number of hydrogen-bond donors (Lipinski definition) is 1. The third-order valence-electron chi connectivity index (χ3n) is 4.23. The van der Waals surface area contributed by atoms with E-state index in [0.717, 1.165) is 25.9 Å². The predicted octanol–water partition coefficient (Wildman–Crippen LogP) is 1.88. The highest BCUT2D eigenvalue weighted by Gasteiger charge is 2.23. The Bertz CT molecular complexity index is 650. The number of hydrogen-bond acceptors (Lipinski definition) is 3. The molecule has 1 N–H and O–H groups in total. The summed E-state index contributed by atoms with van der Waals surface area (Å²) in [5.74, 6) is 0.657. The van der Waals surface area contributed by atoms with Gasteiger partial charge in [0.25, 0.3) is 0 Å². The molecule has 2 amide bonds. The Balaban J connectivity index is 2.05. The van der Waals surface area contributed by atoms with Crippen LogP contribution in [0.25, 0.3) is 0 Å². The number of sulfonamides is 1. The van der Waals surface area contributed by atoms with Crippen LogP contribution in [0.1, 0.15) is 25.3 Å². The fourth-order valence-electron chi connectivity index (χ4n) is 2.59.